The minimum absolute atomic E-state index is 0.218. The zero-order valence-electron chi connectivity index (χ0n) is 12.5. The predicted octanol–water partition coefficient (Wildman–Crippen LogP) is 3.24. The van der Waals surface area contributed by atoms with Crippen LogP contribution < -0.4 is 4.18 Å². The number of benzene rings is 2. The van der Waals surface area contributed by atoms with Crippen molar-refractivity contribution in [3.8, 4) is 5.75 Å². The van der Waals surface area contributed by atoms with E-state index in [1.807, 2.05) is 0 Å². The summed E-state index contributed by atoms with van der Waals surface area (Å²) in [5.41, 5.74) is 0.728. The predicted molar refractivity (Wildman–Crippen MR) is 87.4 cm³/mol. The second kappa shape index (κ2) is 7.60. The van der Waals surface area contributed by atoms with Crippen LogP contribution in [0.1, 0.15) is 22.8 Å². The summed E-state index contributed by atoms with van der Waals surface area (Å²) in [7, 11) is -3.92. The molecule has 2 aromatic carbocycles. The van der Waals surface area contributed by atoms with Crippen molar-refractivity contribution in [2.45, 2.75) is 6.92 Å². The minimum Gasteiger partial charge on any atom is -0.462 e. The Morgan fingerprint density at radius 2 is 1.70 bits per heavy atom. The van der Waals surface area contributed by atoms with Crippen molar-refractivity contribution in [2.75, 3.05) is 6.61 Å². The van der Waals surface area contributed by atoms with Gasteiger partial charge in [-0.05, 0) is 36.8 Å². The van der Waals surface area contributed by atoms with Crippen LogP contribution >= 0.6 is 0 Å². The first-order valence-electron chi connectivity index (χ1n) is 6.95. The third-order valence-electron chi connectivity index (χ3n) is 2.83. The number of rotatable bonds is 6. The average molecular weight is 332 g/mol. The molecule has 0 atom stereocenters. The highest BCUT2D eigenvalue weighted by molar-refractivity contribution is 7.90. The Morgan fingerprint density at radius 1 is 1.04 bits per heavy atom. The summed E-state index contributed by atoms with van der Waals surface area (Å²) in [6.07, 6.45) is 1.31. The summed E-state index contributed by atoms with van der Waals surface area (Å²) in [4.78, 5) is 11.8. The molecule has 0 heterocycles. The summed E-state index contributed by atoms with van der Waals surface area (Å²) < 4.78 is 33.8. The van der Waals surface area contributed by atoms with E-state index < -0.39 is 16.1 Å². The molecule has 120 valence electrons. The van der Waals surface area contributed by atoms with Crippen molar-refractivity contribution in [1.29, 1.82) is 0 Å². The lowest BCUT2D eigenvalue weighted by atomic mass is 10.1. The quantitative estimate of drug-likeness (QED) is 0.600. The highest BCUT2D eigenvalue weighted by Crippen LogP contribution is 2.16. The fourth-order valence-electron chi connectivity index (χ4n) is 1.83. The molecule has 0 aliphatic heterocycles. The van der Waals surface area contributed by atoms with E-state index in [9.17, 15) is 13.2 Å². The van der Waals surface area contributed by atoms with Gasteiger partial charge in [0.1, 0.15) is 5.75 Å². The van der Waals surface area contributed by atoms with E-state index in [-0.39, 0.29) is 12.4 Å². The maximum atomic E-state index is 12.0. The van der Waals surface area contributed by atoms with Crippen LogP contribution in [0.3, 0.4) is 0 Å². The average Bonchev–Trinajstić information content (AvgIpc) is 2.54. The first-order valence-corrected chi connectivity index (χ1v) is 8.43. The van der Waals surface area contributed by atoms with Gasteiger partial charge in [0.2, 0.25) is 0 Å². The number of para-hydroxylation sites is 1. The van der Waals surface area contributed by atoms with Crippen molar-refractivity contribution in [2.24, 2.45) is 0 Å². The molecule has 0 radical (unpaired) electrons. The Hall–Kier alpha value is -2.60. The maximum Gasteiger partial charge on any atom is 0.338 e. The van der Waals surface area contributed by atoms with Crippen LogP contribution in [-0.4, -0.2) is 21.0 Å². The molecule has 0 aliphatic rings. The van der Waals surface area contributed by atoms with E-state index in [2.05, 4.69) is 0 Å². The summed E-state index contributed by atoms with van der Waals surface area (Å²) in [5.74, 6) is -0.287. The summed E-state index contributed by atoms with van der Waals surface area (Å²) in [6, 6.07) is 14.8. The SMILES string of the molecule is CCOC(=O)c1ccccc1/C=C/S(=O)(=O)Oc1ccccc1. The lowest BCUT2D eigenvalue weighted by Crippen LogP contribution is -2.07. The normalized spacial score (nSPS) is 11.3. The van der Waals surface area contributed by atoms with E-state index in [4.69, 9.17) is 8.92 Å². The van der Waals surface area contributed by atoms with E-state index >= 15 is 0 Å². The van der Waals surface area contributed by atoms with Crippen LogP contribution in [-0.2, 0) is 14.9 Å². The van der Waals surface area contributed by atoms with Crippen LogP contribution in [0.15, 0.2) is 60.0 Å². The first kappa shape index (κ1) is 16.8. The Bertz CT molecular complexity index is 795. The standard InChI is InChI=1S/C17H16O5S/c1-2-21-17(18)16-11-7-6-8-14(16)12-13-23(19,20)22-15-9-4-3-5-10-15/h3-13H,2H2,1H3/b13-12+. The van der Waals surface area contributed by atoms with Gasteiger partial charge in [-0.1, -0.05) is 36.4 Å². The number of ether oxygens (including phenoxy) is 1. The lowest BCUT2D eigenvalue weighted by molar-refractivity contribution is 0.0526. The van der Waals surface area contributed by atoms with E-state index in [1.54, 1.807) is 49.4 Å². The summed E-state index contributed by atoms with van der Waals surface area (Å²) in [6.45, 7) is 1.95. The molecule has 0 aliphatic carbocycles. The molecule has 6 heteroatoms. The molecular weight excluding hydrogens is 316 g/mol. The Balaban J connectivity index is 2.21. The third-order valence-corrected chi connectivity index (χ3v) is 3.72. The molecule has 0 fully saturated rings. The van der Waals surface area contributed by atoms with Gasteiger partial charge < -0.3 is 8.92 Å². The molecule has 0 amide bonds. The van der Waals surface area contributed by atoms with Crippen LogP contribution in [0.4, 0.5) is 0 Å². The van der Waals surface area contributed by atoms with Crippen molar-refractivity contribution in [3.63, 3.8) is 0 Å². The largest absolute Gasteiger partial charge is 0.462 e. The van der Waals surface area contributed by atoms with Crippen LogP contribution in [0, 0.1) is 0 Å². The Labute approximate surface area is 135 Å². The first-order chi connectivity index (χ1) is 11.0. The van der Waals surface area contributed by atoms with Crippen LogP contribution in [0.2, 0.25) is 0 Å². The molecule has 0 spiro atoms. The maximum absolute atomic E-state index is 12.0. The fraction of sp³-hybridized carbons (Fsp3) is 0.118. The highest BCUT2D eigenvalue weighted by Gasteiger charge is 2.12. The van der Waals surface area contributed by atoms with Gasteiger partial charge in [0, 0.05) is 0 Å². The molecule has 0 bridgehead atoms. The number of carbonyl (C=O) groups is 1. The molecule has 0 aromatic heterocycles. The smallest absolute Gasteiger partial charge is 0.338 e. The molecule has 2 aromatic rings. The summed E-state index contributed by atoms with van der Waals surface area (Å²) in [5, 5.41) is 0.915. The fourth-order valence-corrected chi connectivity index (χ4v) is 2.58. The number of carbonyl (C=O) groups excluding carboxylic acids is 1. The molecule has 0 saturated heterocycles. The molecule has 2 rings (SSSR count). The number of esters is 1. The van der Waals surface area contributed by atoms with E-state index in [1.165, 1.54) is 18.2 Å². The van der Waals surface area contributed by atoms with Crippen LogP contribution in [0.25, 0.3) is 6.08 Å². The van der Waals surface area contributed by atoms with Gasteiger partial charge in [0.25, 0.3) is 0 Å². The topological polar surface area (TPSA) is 69.7 Å². The van der Waals surface area contributed by atoms with Gasteiger partial charge in [-0.3, -0.25) is 0 Å². The van der Waals surface area contributed by atoms with Gasteiger partial charge in [0.15, 0.2) is 0 Å². The van der Waals surface area contributed by atoms with Gasteiger partial charge in [-0.15, -0.1) is 0 Å². The lowest BCUT2D eigenvalue weighted by Gasteiger charge is -2.06. The van der Waals surface area contributed by atoms with Gasteiger partial charge in [-0.25, -0.2) is 4.79 Å². The molecule has 0 unspecified atom stereocenters. The second-order valence-electron chi connectivity index (χ2n) is 4.50. The van der Waals surface area contributed by atoms with Crippen molar-refractivity contribution < 1.29 is 22.1 Å². The number of hydrogen-bond donors (Lipinski definition) is 0. The zero-order chi connectivity index (χ0) is 16.7. The Morgan fingerprint density at radius 3 is 2.39 bits per heavy atom. The van der Waals surface area contributed by atoms with Crippen molar-refractivity contribution in [3.05, 3.63) is 71.1 Å². The molecule has 5 nitrogen and oxygen atoms in total. The highest BCUT2D eigenvalue weighted by atomic mass is 32.2. The minimum atomic E-state index is -3.92. The molecule has 0 saturated carbocycles. The van der Waals surface area contributed by atoms with Gasteiger partial charge in [-0.2, -0.15) is 8.42 Å². The number of hydrogen-bond acceptors (Lipinski definition) is 5. The molecule has 23 heavy (non-hydrogen) atoms. The van der Waals surface area contributed by atoms with Crippen LogP contribution in [0.5, 0.6) is 5.75 Å². The summed E-state index contributed by atoms with van der Waals surface area (Å²) >= 11 is 0. The van der Waals surface area contributed by atoms with Crippen molar-refractivity contribution >= 4 is 22.2 Å². The Kier molecular flexibility index (Phi) is 5.54. The third kappa shape index (κ3) is 4.96. The van der Waals surface area contributed by atoms with E-state index in [0.29, 0.717) is 11.1 Å². The molecule has 0 N–H and O–H groups in total. The molecular formula is C17H16O5S. The monoisotopic (exact) mass is 332 g/mol. The second-order valence-corrected chi connectivity index (χ2v) is 5.92. The zero-order valence-corrected chi connectivity index (χ0v) is 13.3. The van der Waals surface area contributed by atoms with E-state index in [0.717, 1.165) is 5.41 Å². The van der Waals surface area contributed by atoms with Gasteiger partial charge >= 0.3 is 16.1 Å². The van der Waals surface area contributed by atoms with Gasteiger partial charge in [0.05, 0.1) is 17.6 Å². The van der Waals surface area contributed by atoms with Crippen molar-refractivity contribution in [1.82, 2.24) is 0 Å².